The van der Waals surface area contributed by atoms with E-state index in [-0.39, 0.29) is 11.3 Å². The zero-order chi connectivity index (χ0) is 21.0. The monoisotopic (exact) mass is 435 g/mol. The second-order valence-corrected chi connectivity index (χ2v) is 7.76. The standard InChI is InChI=1S/C17H14ClN5O5S/c18-10-4-3-5-11(8-10)21-22-15(24)12-6-1-2-7-13(12)23-29(27,28)14-9-19-17(26)20-16(14)25/h1-9,21,23H,(H,22,24)(H2,19,20,25,26). The van der Waals surface area contributed by atoms with Crippen molar-refractivity contribution in [2.45, 2.75) is 4.90 Å². The maximum atomic E-state index is 12.5. The molecule has 0 aliphatic rings. The molecule has 0 unspecified atom stereocenters. The lowest BCUT2D eigenvalue weighted by Crippen LogP contribution is -2.32. The summed E-state index contributed by atoms with van der Waals surface area (Å²) in [7, 11) is -4.37. The van der Waals surface area contributed by atoms with Crippen LogP contribution in [0.15, 0.2) is 69.2 Å². The van der Waals surface area contributed by atoms with Crippen LogP contribution in [-0.2, 0) is 10.0 Å². The molecule has 10 nitrogen and oxygen atoms in total. The number of para-hydroxylation sites is 1. The van der Waals surface area contributed by atoms with E-state index in [1.165, 1.54) is 18.2 Å². The van der Waals surface area contributed by atoms with Crippen LogP contribution in [0.2, 0.25) is 5.02 Å². The van der Waals surface area contributed by atoms with Crippen molar-refractivity contribution in [2.75, 3.05) is 10.1 Å². The van der Waals surface area contributed by atoms with E-state index in [0.29, 0.717) is 10.7 Å². The van der Waals surface area contributed by atoms with Gasteiger partial charge in [-0.1, -0.05) is 29.8 Å². The topological polar surface area (TPSA) is 153 Å². The number of H-pyrrole nitrogens is 2. The zero-order valence-corrected chi connectivity index (χ0v) is 16.1. The van der Waals surface area contributed by atoms with Crippen molar-refractivity contribution in [2.24, 2.45) is 0 Å². The van der Waals surface area contributed by atoms with Crippen molar-refractivity contribution in [3.63, 3.8) is 0 Å². The maximum absolute atomic E-state index is 12.5. The van der Waals surface area contributed by atoms with Crippen LogP contribution in [0.1, 0.15) is 10.4 Å². The highest BCUT2D eigenvalue weighted by molar-refractivity contribution is 7.92. The van der Waals surface area contributed by atoms with E-state index >= 15 is 0 Å². The number of aromatic nitrogens is 2. The molecule has 1 amide bonds. The number of hydrogen-bond donors (Lipinski definition) is 5. The molecule has 0 saturated heterocycles. The molecule has 3 aromatic rings. The number of benzene rings is 2. The number of rotatable bonds is 6. The Bertz CT molecular complexity index is 1290. The normalized spacial score (nSPS) is 10.9. The number of carbonyl (C=O) groups is 1. The zero-order valence-electron chi connectivity index (χ0n) is 14.5. The summed E-state index contributed by atoms with van der Waals surface area (Å²) < 4.78 is 27.2. The molecule has 29 heavy (non-hydrogen) atoms. The molecule has 1 heterocycles. The van der Waals surface area contributed by atoms with Crippen molar-refractivity contribution in [1.29, 1.82) is 0 Å². The van der Waals surface area contributed by atoms with Crippen LogP contribution >= 0.6 is 11.6 Å². The minimum atomic E-state index is -4.37. The Balaban J connectivity index is 1.84. The van der Waals surface area contributed by atoms with Gasteiger partial charge in [0.25, 0.3) is 21.5 Å². The predicted molar refractivity (Wildman–Crippen MR) is 107 cm³/mol. The van der Waals surface area contributed by atoms with E-state index in [2.05, 4.69) is 20.6 Å². The molecule has 0 saturated carbocycles. The van der Waals surface area contributed by atoms with Gasteiger partial charge >= 0.3 is 5.69 Å². The van der Waals surface area contributed by atoms with Crippen molar-refractivity contribution < 1.29 is 13.2 Å². The molecule has 3 rings (SSSR count). The number of halogens is 1. The summed E-state index contributed by atoms with van der Waals surface area (Å²) in [5.41, 5.74) is 3.60. The molecular weight excluding hydrogens is 422 g/mol. The highest BCUT2D eigenvalue weighted by Gasteiger charge is 2.21. The summed E-state index contributed by atoms with van der Waals surface area (Å²) in [5.74, 6) is -0.640. The lowest BCUT2D eigenvalue weighted by atomic mass is 10.2. The van der Waals surface area contributed by atoms with Gasteiger partial charge in [0.05, 0.1) is 16.9 Å². The molecule has 0 atom stereocenters. The third-order valence-corrected chi connectivity index (χ3v) is 5.24. The van der Waals surface area contributed by atoms with Gasteiger partial charge in [0.1, 0.15) is 0 Å². The first kappa shape index (κ1) is 20.2. The Labute approximate surface area is 169 Å². The van der Waals surface area contributed by atoms with E-state index in [1.54, 1.807) is 30.3 Å². The Hall–Kier alpha value is -3.57. The van der Waals surface area contributed by atoms with Crippen LogP contribution in [0.5, 0.6) is 0 Å². The number of amides is 1. The van der Waals surface area contributed by atoms with Crippen molar-refractivity contribution >= 4 is 38.9 Å². The molecule has 0 radical (unpaired) electrons. The second-order valence-electron chi connectivity index (χ2n) is 5.68. The fourth-order valence-electron chi connectivity index (χ4n) is 2.33. The van der Waals surface area contributed by atoms with Crippen LogP contribution in [0.4, 0.5) is 11.4 Å². The first-order chi connectivity index (χ1) is 13.8. The Morgan fingerprint density at radius 3 is 2.52 bits per heavy atom. The molecule has 2 aromatic carbocycles. The van der Waals surface area contributed by atoms with Crippen LogP contribution in [0, 0.1) is 0 Å². The van der Waals surface area contributed by atoms with E-state index < -0.39 is 32.1 Å². The number of anilines is 2. The molecule has 0 spiro atoms. The average molecular weight is 436 g/mol. The summed E-state index contributed by atoms with van der Waals surface area (Å²) in [5, 5.41) is 0.462. The SMILES string of the molecule is O=C(NNc1cccc(Cl)c1)c1ccccc1NS(=O)(=O)c1c[nH]c(=O)[nH]c1=O. The second kappa shape index (κ2) is 8.20. The largest absolute Gasteiger partial charge is 0.325 e. The summed E-state index contributed by atoms with van der Waals surface area (Å²) in [6, 6.07) is 12.4. The molecule has 0 aliphatic heterocycles. The first-order valence-electron chi connectivity index (χ1n) is 8.02. The van der Waals surface area contributed by atoms with E-state index in [4.69, 9.17) is 11.6 Å². The molecule has 5 N–H and O–H groups in total. The highest BCUT2D eigenvalue weighted by atomic mass is 35.5. The van der Waals surface area contributed by atoms with Crippen molar-refractivity contribution in [1.82, 2.24) is 15.4 Å². The van der Waals surface area contributed by atoms with Crippen LogP contribution in [0.25, 0.3) is 0 Å². The summed E-state index contributed by atoms with van der Waals surface area (Å²) in [6.07, 6.45) is 0.771. The van der Waals surface area contributed by atoms with Gasteiger partial charge in [-0.3, -0.25) is 30.1 Å². The number of carbonyl (C=O) groups excluding carboxylic acids is 1. The third-order valence-electron chi connectivity index (χ3n) is 3.64. The molecule has 12 heteroatoms. The predicted octanol–water partition coefficient (Wildman–Crippen LogP) is 1.27. The Morgan fingerprint density at radius 2 is 1.79 bits per heavy atom. The number of nitrogens with one attached hydrogen (secondary N) is 5. The Morgan fingerprint density at radius 1 is 1.03 bits per heavy atom. The molecule has 0 bridgehead atoms. The van der Waals surface area contributed by atoms with E-state index in [1.807, 2.05) is 4.98 Å². The summed E-state index contributed by atoms with van der Waals surface area (Å²) in [4.78, 5) is 38.6. The van der Waals surface area contributed by atoms with Crippen LogP contribution in [-0.4, -0.2) is 24.3 Å². The summed E-state index contributed by atoms with van der Waals surface area (Å²) >= 11 is 5.88. The minimum Gasteiger partial charge on any atom is -0.313 e. The fraction of sp³-hybridized carbons (Fsp3) is 0. The lowest BCUT2D eigenvalue weighted by Gasteiger charge is -2.13. The maximum Gasteiger partial charge on any atom is 0.325 e. The minimum absolute atomic E-state index is 0.00791. The van der Waals surface area contributed by atoms with E-state index in [9.17, 15) is 22.8 Å². The number of hydrogen-bond acceptors (Lipinski definition) is 6. The van der Waals surface area contributed by atoms with Crippen LogP contribution < -0.4 is 26.8 Å². The van der Waals surface area contributed by atoms with Gasteiger partial charge in [0.15, 0.2) is 4.90 Å². The number of hydrazine groups is 1. The van der Waals surface area contributed by atoms with Gasteiger partial charge in [-0.2, -0.15) is 0 Å². The molecule has 0 fully saturated rings. The average Bonchev–Trinajstić information content (AvgIpc) is 2.66. The van der Waals surface area contributed by atoms with Gasteiger partial charge < -0.3 is 4.98 Å². The first-order valence-corrected chi connectivity index (χ1v) is 9.88. The van der Waals surface area contributed by atoms with Gasteiger partial charge in [-0.25, -0.2) is 13.2 Å². The fourth-order valence-corrected chi connectivity index (χ4v) is 3.61. The lowest BCUT2D eigenvalue weighted by molar-refractivity contribution is 0.0963. The molecular formula is C17H14ClN5O5S. The molecule has 1 aromatic heterocycles. The third kappa shape index (κ3) is 4.83. The van der Waals surface area contributed by atoms with Gasteiger partial charge in [0, 0.05) is 11.2 Å². The van der Waals surface area contributed by atoms with Gasteiger partial charge in [0.2, 0.25) is 0 Å². The van der Waals surface area contributed by atoms with Gasteiger partial charge in [-0.15, -0.1) is 0 Å². The van der Waals surface area contributed by atoms with Crippen molar-refractivity contribution in [3.8, 4) is 0 Å². The quantitative estimate of drug-likeness (QED) is 0.367. The van der Waals surface area contributed by atoms with Gasteiger partial charge in [-0.05, 0) is 30.3 Å². The highest BCUT2D eigenvalue weighted by Crippen LogP contribution is 2.19. The number of aromatic amines is 2. The van der Waals surface area contributed by atoms with Crippen molar-refractivity contribution in [3.05, 3.63) is 86.2 Å². The van der Waals surface area contributed by atoms with E-state index in [0.717, 1.165) is 6.20 Å². The Kier molecular flexibility index (Phi) is 5.71. The van der Waals surface area contributed by atoms with Crippen LogP contribution in [0.3, 0.4) is 0 Å². The molecule has 150 valence electrons. The molecule has 0 aliphatic carbocycles. The number of sulfonamides is 1. The summed E-state index contributed by atoms with van der Waals surface area (Å²) in [6.45, 7) is 0. The smallest absolute Gasteiger partial charge is 0.313 e.